The maximum absolute atomic E-state index is 10.4. The average molecular weight is 335 g/mol. The van der Waals surface area contributed by atoms with E-state index in [1.54, 1.807) is 6.07 Å². The van der Waals surface area contributed by atoms with Crippen molar-refractivity contribution in [2.24, 2.45) is 0 Å². The van der Waals surface area contributed by atoms with Gasteiger partial charge in [-0.05, 0) is 36.6 Å². The summed E-state index contributed by atoms with van der Waals surface area (Å²) in [7, 11) is 0. The first kappa shape index (κ1) is 17.7. The van der Waals surface area contributed by atoms with Crippen molar-refractivity contribution in [2.75, 3.05) is 0 Å². The standard InChI is InChI=1S/C23H29NO/c1-2-3-4-5-6-7-8-9-14-19-18-13-10-11-15-20(18)24-21-16-12-17-22(25)23(19)21/h10-13,15-17,25H,2-9,14H2,1H3. The van der Waals surface area contributed by atoms with E-state index in [0.717, 1.165) is 22.8 Å². The molecule has 0 aliphatic carbocycles. The minimum atomic E-state index is 0.352. The van der Waals surface area contributed by atoms with Crippen LogP contribution >= 0.6 is 0 Å². The highest BCUT2D eigenvalue weighted by atomic mass is 16.3. The first-order valence-corrected chi connectivity index (χ1v) is 9.80. The number of aromatic hydroxyl groups is 1. The molecule has 0 bridgehead atoms. The first-order chi connectivity index (χ1) is 12.3. The second-order valence-electron chi connectivity index (χ2n) is 7.00. The van der Waals surface area contributed by atoms with E-state index in [1.165, 1.54) is 62.3 Å². The summed E-state index contributed by atoms with van der Waals surface area (Å²) in [5.41, 5.74) is 3.17. The Labute approximate surface area is 150 Å². The molecule has 0 aliphatic rings. The van der Waals surface area contributed by atoms with Gasteiger partial charge < -0.3 is 5.11 Å². The monoisotopic (exact) mass is 335 g/mol. The molecule has 0 aliphatic heterocycles. The zero-order valence-electron chi connectivity index (χ0n) is 15.3. The van der Waals surface area contributed by atoms with Crippen molar-refractivity contribution in [3.8, 4) is 5.75 Å². The van der Waals surface area contributed by atoms with E-state index in [2.05, 4.69) is 25.1 Å². The van der Waals surface area contributed by atoms with Gasteiger partial charge in [0.2, 0.25) is 0 Å². The Bertz CT molecular complexity index is 825. The fraction of sp³-hybridized carbons (Fsp3) is 0.435. The SMILES string of the molecule is CCCCCCCCCCc1c2ccccc2nc2cccc(O)c12. The Hall–Kier alpha value is -2.09. The lowest BCUT2D eigenvalue weighted by molar-refractivity contribution is 0.481. The number of phenolic OH excluding ortho intramolecular Hbond substituents is 1. The lowest BCUT2D eigenvalue weighted by Gasteiger charge is -2.12. The molecule has 2 nitrogen and oxygen atoms in total. The normalized spacial score (nSPS) is 11.4. The van der Waals surface area contributed by atoms with E-state index >= 15 is 0 Å². The van der Waals surface area contributed by atoms with Crippen molar-refractivity contribution >= 4 is 21.8 Å². The van der Waals surface area contributed by atoms with E-state index in [4.69, 9.17) is 4.98 Å². The topological polar surface area (TPSA) is 33.1 Å². The van der Waals surface area contributed by atoms with Crippen molar-refractivity contribution in [3.63, 3.8) is 0 Å². The van der Waals surface area contributed by atoms with Gasteiger partial charge in [-0.1, -0.05) is 76.1 Å². The molecule has 0 spiro atoms. The highest BCUT2D eigenvalue weighted by molar-refractivity contribution is 6.00. The van der Waals surface area contributed by atoms with Gasteiger partial charge in [0.25, 0.3) is 0 Å². The number of hydrogen-bond donors (Lipinski definition) is 1. The first-order valence-electron chi connectivity index (χ1n) is 9.80. The number of nitrogens with zero attached hydrogens (tertiary/aromatic N) is 1. The smallest absolute Gasteiger partial charge is 0.125 e. The summed E-state index contributed by atoms with van der Waals surface area (Å²) in [6.45, 7) is 2.26. The van der Waals surface area contributed by atoms with Gasteiger partial charge in [0, 0.05) is 10.8 Å². The second-order valence-corrected chi connectivity index (χ2v) is 7.00. The molecule has 0 unspecified atom stereocenters. The van der Waals surface area contributed by atoms with Crippen molar-refractivity contribution < 1.29 is 5.11 Å². The van der Waals surface area contributed by atoms with Crippen LogP contribution in [0.3, 0.4) is 0 Å². The van der Waals surface area contributed by atoms with Crippen molar-refractivity contribution in [3.05, 3.63) is 48.0 Å². The van der Waals surface area contributed by atoms with E-state index < -0.39 is 0 Å². The molecule has 3 rings (SSSR count). The van der Waals surface area contributed by atoms with E-state index in [0.29, 0.717) is 5.75 Å². The number of unbranched alkanes of at least 4 members (excludes halogenated alkanes) is 7. The van der Waals surface area contributed by atoms with Crippen molar-refractivity contribution in [1.29, 1.82) is 0 Å². The number of pyridine rings is 1. The Morgan fingerprint density at radius 2 is 1.44 bits per heavy atom. The van der Waals surface area contributed by atoms with Crippen LogP contribution in [0.2, 0.25) is 0 Å². The maximum Gasteiger partial charge on any atom is 0.125 e. The molecular weight excluding hydrogens is 306 g/mol. The quantitative estimate of drug-likeness (QED) is 0.345. The number of hydrogen-bond acceptors (Lipinski definition) is 2. The molecule has 132 valence electrons. The summed E-state index contributed by atoms with van der Waals surface area (Å²) < 4.78 is 0. The number of aryl methyl sites for hydroxylation is 1. The molecule has 1 N–H and O–H groups in total. The minimum Gasteiger partial charge on any atom is -0.507 e. The lowest BCUT2D eigenvalue weighted by Crippen LogP contribution is -1.94. The van der Waals surface area contributed by atoms with Crippen LogP contribution in [-0.2, 0) is 6.42 Å². The molecule has 3 aromatic rings. The maximum atomic E-state index is 10.4. The Morgan fingerprint density at radius 3 is 2.24 bits per heavy atom. The third kappa shape index (κ3) is 4.31. The highest BCUT2D eigenvalue weighted by Gasteiger charge is 2.11. The number of phenols is 1. The van der Waals surface area contributed by atoms with Crippen LogP contribution in [0, 0.1) is 0 Å². The summed E-state index contributed by atoms with van der Waals surface area (Å²) in [5.74, 6) is 0.352. The number of fused-ring (bicyclic) bond motifs is 2. The summed E-state index contributed by atoms with van der Waals surface area (Å²) >= 11 is 0. The molecule has 0 saturated heterocycles. The molecular formula is C23H29NO. The molecule has 0 atom stereocenters. The van der Waals surface area contributed by atoms with Gasteiger partial charge in [-0.15, -0.1) is 0 Å². The fourth-order valence-corrected chi connectivity index (χ4v) is 3.72. The zero-order chi connectivity index (χ0) is 17.5. The third-order valence-corrected chi connectivity index (χ3v) is 5.07. The predicted octanol–water partition coefficient (Wildman–Crippen LogP) is 6.78. The average Bonchev–Trinajstić information content (AvgIpc) is 2.63. The van der Waals surface area contributed by atoms with Crippen LogP contribution in [0.5, 0.6) is 5.75 Å². The molecule has 1 aromatic heterocycles. The fourth-order valence-electron chi connectivity index (χ4n) is 3.72. The number of aromatic nitrogens is 1. The summed E-state index contributed by atoms with van der Waals surface area (Å²) in [5, 5.41) is 12.5. The molecule has 0 saturated carbocycles. The molecule has 2 heteroatoms. The molecule has 0 fully saturated rings. The van der Waals surface area contributed by atoms with Gasteiger partial charge in [0.05, 0.1) is 11.0 Å². The highest BCUT2D eigenvalue weighted by Crippen LogP contribution is 2.33. The van der Waals surface area contributed by atoms with Gasteiger partial charge >= 0.3 is 0 Å². The van der Waals surface area contributed by atoms with Gasteiger partial charge in [-0.3, -0.25) is 0 Å². The molecule has 25 heavy (non-hydrogen) atoms. The Kier molecular flexibility index (Phi) is 6.27. The van der Waals surface area contributed by atoms with Crippen molar-refractivity contribution in [2.45, 2.75) is 64.7 Å². The summed E-state index contributed by atoms with van der Waals surface area (Å²) in [4.78, 5) is 4.73. The molecule has 1 heterocycles. The minimum absolute atomic E-state index is 0.352. The van der Waals surface area contributed by atoms with Crippen LogP contribution in [0.25, 0.3) is 21.8 Å². The van der Waals surface area contributed by atoms with Crippen LogP contribution < -0.4 is 0 Å². The van der Waals surface area contributed by atoms with Crippen LogP contribution in [0.15, 0.2) is 42.5 Å². The van der Waals surface area contributed by atoms with Gasteiger partial charge in [0.1, 0.15) is 5.75 Å². The second kappa shape index (κ2) is 8.84. The van der Waals surface area contributed by atoms with E-state index in [1.807, 2.05) is 18.2 Å². The van der Waals surface area contributed by atoms with Gasteiger partial charge in [0.15, 0.2) is 0 Å². The third-order valence-electron chi connectivity index (χ3n) is 5.07. The Balaban J connectivity index is 1.73. The lowest BCUT2D eigenvalue weighted by atomic mass is 9.96. The van der Waals surface area contributed by atoms with Gasteiger partial charge in [-0.25, -0.2) is 4.98 Å². The van der Waals surface area contributed by atoms with E-state index in [9.17, 15) is 5.11 Å². The Morgan fingerprint density at radius 1 is 0.760 bits per heavy atom. The van der Waals surface area contributed by atoms with Crippen LogP contribution in [0.1, 0.15) is 63.9 Å². The molecule has 0 amide bonds. The molecule has 2 aromatic carbocycles. The number of benzene rings is 2. The van der Waals surface area contributed by atoms with Crippen molar-refractivity contribution in [1.82, 2.24) is 4.98 Å². The zero-order valence-corrected chi connectivity index (χ0v) is 15.3. The predicted molar refractivity (Wildman–Crippen MR) is 107 cm³/mol. The molecule has 0 radical (unpaired) electrons. The van der Waals surface area contributed by atoms with Crippen LogP contribution in [-0.4, -0.2) is 10.1 Å². The summed E-state index contributed by atoms with van der Waals surface area (Å²) in [6, 6.07) is 13.9. The van der Waals surface area contributed by atoms with E-state index in [-0.39, 0.29) is 0 Å². The number of para-hydroxylation sites is 1. The summed E-state index contributed by atoms with van der Waals surface area (Å²) in [6.07, 6.45) is 11.5. The van der Waals surface area contributed by atoms with Gasteiger partial charge in [-0.2, -0.15) is 0 Å². The number of rotatable bonds is 9. The largest absolute Gasteiger partial charge is 0.507 e. The van der Waals surface area contributed by atoms with Crippen LogP contribution in [0.4, 0.5) is 0 Å².